The number of hydrogen-bond acceptors (Lipinski definition) is 5. The lowest BCUT2D eigenvalue weighted by Gasteiger charge is -2.19. The first-order valence-electron chi connectivity index (χ1n) is 7.87. The molecule has 0 heterocycles. The zero-order valence-corrected chi connectivity index (χ0v) is 14.3. The van der Waals surface area contributed by atoms with Crippen molar-refractivity contribution in [2.45, 2.75) is 26.8 Å². The van der Waals surface area contributed by atoms with Gasteiger partial charge in [0, 0.05) is 17.7 Å². The number of carbonyl (C=O) groups is 1. The molecule has 5 N–H and O–H groups in total. The minimum Gasteiger partial charge on any atom is -0.504 e. The Morgan fingerprint density at radius 2 is 1.80 bits per heavy atom. The van der Waals surface area contributed by atoms with Crippen LogP contribution in [0.25, 0.3) is 0 Å². The van der Waals surface area contributed by atoms with Gasteiger partial charge in [0.2, 0.25) is 0 Å². The van der Waals surface area contributed by atoms with E-state index >= 15 is 0 Å². The van der Waals surface area contributed by atoms with Gasteiger partial charge in [-0.1, -0.05) is 17.7 Å². The van der Waals surface area contributed by atoms with Gasteiger partial charge in [-0.3, -0.25) is 0 Å². The van der Waals surface area contributed by atoms with E-state index in [2.05, 4.69) is 10.6 Å². The summed E-state index contributed by atoms with van der Waals surface area (Å²) in [7, 11) is 0. The number of rotatable bonds is 5. The second kappa shape index (κ2) is 7.65. The summed E-state index contributed by atoms with van der Waals surface area (Å²) in [5, 5.41) is 33.6. The lowest BCUT2D eigenvalue weighted by atomic mass is 10.0. The Labute approximate surface area is 145 Å². The van der Waals surface area contributed by atoms with E-state index < -0.39 is 23.3 Å². The first kappa shape index (κ1) is 18.3. The molecule has 0 aliphatic heterocycles. The van der Waals surface area contributed by atoms with E-state index in [4.69, 9.17) is 4.74 Å². The van der Waals surface area contributed by atoms with E-state index in [0.29, 0.717) is 12.4 Å². The molecule has 2 aromatic carbocycles. The van der Waals surface area contributed by atoms with Crippen LogP contribution in [0.1, 0.15) is 31.0 Å². The maximum Gasteiger partial charge on any atom is 0.319 e. The van der Waals surface area contributed by atoms with Gasteiger partial charge in [-0.25, -0.2) is 4.79 Å². The van der Waals surface area contributed by atoms with Gasteiger partial charge in [0.05, 0.1) is 18.3 Å². The Morgan fingerprint density at radius 3 is 2.40 bits per heavy atom. The smallest absolute Gasteiger partial charge is 0.319 e. The van der Waals surface area contributed by atoms with Crippen LogP contribution in [0, 0.1) is 6.92 Å². The van der Waals surface area contributed by atoms with E-state index in [-0.39, 0.29) is 11.7 Å². The molecule has 0 saturated heterocycles. The Bertz CT molecular complexity index is 753. The molecule has 0 aromatic heterocycles. The number of hydrogen-bond donors (Lipinski definition) is 5. The van der Waals surface area contributed by atoms with Crippen molar-refractivity contribution in [3.05, 3.63) is 41.5 Å². The number of anilines is 1. The van der Waals surface area contributed by atoms with E-state index in [1.54, 1.807) is 0 Å². The van der Waals surface area contributed by atoms with Crippen LogP contribution < -0.4 is 15.4 Å². The van der Waals surface area contributed by atoms with Crippen LogP contribution >= 0.6 is 0 Å². The highest BCUT2D eigenvalue weighted by Gasteiger charge is 2.16. The van der Waals surface area contributed by atoms with Crippen LogP contribution in [0.3, 0.4) is 0 Å². The number of amides is 2. The SMILES string of the molecule is CCOc1ccc(C)cc1C(C)NC(=O)Nc1cc(O)c(O)c(O)c1. The van der Waals surface area contributed by atoms with Crippen molar-refractivity contribution in [2.24, 2.45) is 0 Å². The molecular weight excluding hydrogens is 324 g/mol. The number of urea groups is 1. The van der Waals surface area contributed by atoms with Gasteiger partial charge in [-0.2, -0.15) is 0 Å². The van der Waals surface area contributed by atoms with Crippen LogP contribution in [0.5, 0.6) is 23.0 Å². The average molecular weight is 346 g/mol. The Morgan fingerprint density at radius 1 is 1.16 bits per heavy atom. The Balaban J connectivity index is 2.11. The lowest BCUT2D eigenvalue weighted by Crippen LogP contribution is -2.31. The minimum absolute atomic E-state index is 0.145. The summed E-state index contributed by atoms with van der Waals surface area (Å²) >= 11 is 0. The van der Waals surface area contributed by atoms with E-state index in [1.807, 2.05) is 39.0 Å². The van der Waals surface area contributed by atoms with Gasteiger partial charge in [-0.05, 0) is 26.8 Å². The first-order chi connectivity index (χ1) is 11.8. The molecule has 0 fully saturated rings. The van der Waals surface area contributed by atoms with Gasteiger partial charge < -0.3 is 30.7 Å². The average Bonchev–Trinajstić information content (AvgIpc) is 2.54. The number of carbonyl (C=O) groups excluding carboxylic acids is 1. The summed E-state index contributed by atoms with van der Waals surface area (Å²) in [6.45, 7) is 6.18. The van der Waals surface area contributed by atoms with Crippen molar-refractivity contribution in [2.75, 3.05) is 11.9 Å². The van der Waals surface area contributed by atoms with Gasteiger partial charge in [0.15, 0.2) is 17.2 Å². The topological polar surface area (TPSA) is 111 Å². The molecule has 0 bridgehead atoms. The number of phenolic OH excluding ortho intramolecular Hbond substituents is 3. The Hall–Kier alpha value is -3.09. The zero-order valence-electron chi connectivity index (χ0n) is 14.3. The summed E-state index contributed by atoms with van der Waals surface area (Å²) in [5.74, 6) is -0.998. The molecule has 2 amide bonds. The number of aromatic hydroxyl groups is 3. The number of benzene rings is 2. The van der Waals surface area contributed by atoms with Crippen LogP contribution in [0.2, 0.25) is 0 Å². The standard InChI is InChI=1S/C18H22N2O5/c1-4-25-16-6-5-10(2)7-13(16)11(3)19-18(24)20-12-8-14(21)17(23)15(22)9-12/h5-9,11,21-23H,4H2,1-3H3,(H2,19,20,24). The van der Waals surface area contributed by atoms with Crippen LogP contribution in [-0.2, 0) is 0 Å². The molecule has 0 aliphatic rings. The molecular formula is C18H22N2O5. The number of ether oxygens (including phenoxy) is 1. The third-order valence-corrected chi connectivity index (χ3v) is 3.61. The molecule has 2 rings (SSSR count). The van der Waals surface area contributed by atoms with Gasteiger partial charge in [0.1, 0.15) is 5.75 Å². The summed E-state index contributed by atoms with van der Waals surface area (Å²) in [5.41, 5.74) is 2.03. The molecule has 7 nitrogen and oxygen atoms in total. The normalized spacial score (nSPS) is 11.6. The molecule has 0 aliphatic carbocycles. The summed E-state index contributed by atoms with van der Waals surface area (Å²) in [6.07, 6.45) is 0. The zero-order chi connectivity index (χ0) is 18.6. The van der Waals surface area contributed by atoms with E-state index in [9.17, 15) is 20.1 Å². The highest BCUT2D eigenvalue weighted by molar-refractivity contribution is 5.90. The fourth-order valence-corrected chi connectivity index (χ4v) is 2.41. The van der Waals surface area contributed by atoms with Crippen molar-refractivity contribution in [1.82, 2.24) is 5.32 Å². The van der Waals surface area contributed by atoms with Gasteiger partial charge in [-0.15, -0.1) is 0 Å². The lowest BCUT2D eigenvalue weighted by molar-refractivity contribution is 0.249. The maximum atomic E-state index is 12.2. The summed E-state index contributed by atoms with van der Waals surface area (Å²) < 4.78 is 5.59. The Kier molecular flexibility index (Phi) is 5.59. The van der Waals surface area contributed by atoms with Crippen LogP contribution in [-0.4, -0.2) is 28.0 Å². The molecule has 1 unspecified atom stereocenters. The molecule has 134 valence electrons. The molecule has 25 heavy (non-hydrogen) atoms. The fourth-order valence-electron chi connectivity index (χ4n) is 2.41. The monoisotopic (exact) mass is 346 g/mol. The van der Waals surface area contributed by atoms with Crippen molar-refractivity contribution < 1.29 is 24.9 Å². The predicted molar refractivity (Wildman–Crippen MR) is 94.4 cm³/mol. The summed E-state index contributed by atoms with van der Waals surface area (Å²) in [4.78, 5) is 12.2. The van der Waals surface area contributed by atoms with E-state index in [1.165, 1.54) is 0 Å². The van der Waals surface area contributed by atoms with Crippen LogP contribution in [0.15, 0.2) is 30.3 Å². The van der Waals surface area contributed by atoms with Gasteiger partial charge >= 0.3 is 6.03 Å². The molecule has 1 atom stereocenters. The number of nitrogens with one attached hydrogen (secondary N) is 2. The molecule has 2 aromatic rings. The number of aryl methyl sites for hydroxylation is 1. The maximum absolute atomic E-state index is 12.2. The van der Waals surface area contributed by atoms with Crippen molar-refractivity contribution in [1.29, 1.82) is 0 Å². The highest BCUT2D eigenvalue weighted by atomic mass is 16.5. The fraction of sp³-hybridized carbons (Fsp3) is 0.278. The quantitative estimate of drug-likeness (QED) is 0.421. The van der Waals surface area contributed by atoms with Crippen molar-refractivity contribution in [3.8, 4) is 23.0 Å². The highest BCUT2D eigenvalue weighted by Crippen LogP contribution is 2.37. The molecule has 0 radical (unpaired) electrons. The van der Waals surface area contributed by atoms with Crippen molar-refractivity contribution >= 4 is 11.7 Å². The second-order valence-corrected chi connectivity index (χ2v) is 5.66. The molecule has 0 spiro atoms. The molecule has 0 saturated carbocycles. The first-order valence-corrected chi connectivity index (χ1v) is 7.87. The third-order valence-electron chi connectivity index (χ3n) is 3.61. The summed E-state index contributed by atoms with van der Waals surface area (Å²) in [6, 6.07) is 7.15. The third kappa shape index (κ3) is 4.47. The molecule has 7 heteroatoms. The van der Waals surface area contributed by atoms with E-state index in [0.717, 1.165) is 23.3 Å². The predicted octanol–water partition coefficient (Wildman–Crippen LogP) is 3.39. The van der Waals surface area contributed by atoms with Crippen LogP contribution in [0.4, 0.5) is 10.5 Å². The van der Waals surface area contributed by atoms with Gasteiger partial charge in [0.25, 0.3) is 0 Å². The minimum atomic E-state index is -0.638. The largest absolute Gasteiger partial charge is 0.504 e. The second-order valence-electron chi connectivity index (χ2n) is 5.66. The van der Waals surface area contributed by atoms with Crippen molar-refractivity contribution in [3.63, 3.8) is 0 Å². The number of phenols is 3.